The normalized spacial score (nSPS) is 18.2. The molecule has 1 aliphatic rings. The molecule has 1 saturated heterocycles. The van der Waals surface area contributed by atoms with Crippen LogP contribution in [-0.2, 0) is 19.4 Å². The molecule has 1 aliphatic heterocycles. The SMILES string of the molecule is Cc1ccc(C)n1-c1ccc(C(=O)OCC(=O)NC2CCS(=O)(=O)C2)cc1. The zero-order chi connectivity index (χ0) is 19.6. The minimum Gasteiger partial charge on any atom is -0.452 e. The van der Waals surface area contributed by atoms with Gasteiger partial charge >= 0.3 is 5.97 Å². The monoisotopic (exact) mass is 390 g/mol. The van der Waals surface area contributed by atoms with Gasteiger partial charge in [0, 0.05) is 23.1 Å². The van der Waals surface area contributed by atoms with Crippen molar-refractivity contribution in [2.24, 2.45) is 0 Å². The lowest BCUT2D eigenvalue weighted by Gasteiger charge is -2.12. The van der Waals surface area contributed by atoms with Crippen LogP contribution in [0.4, 0.5) is 0 Å². The lowest BCUT2D eigenvalue weighted by molar-refractivity contribution is -0.124. The van der Waals surface area contributed by atoms with Crippen LogP contribution >= 0.6 is 0 Å². The number of nitrogens with one attached hydrogen (secondary N) is 1. The highest BCUT2D eigenvalue weighted by molar-refractivity contribution is 7.91. The van der Waals surface area contributed by atoms with E-state index in [0.29, 0.717) is 12.0 Å². The summed E-state index contributed by atoms with van der Waals surface area (Å²) in [7, 11) is -3.07. The second kappa shape index (κ2) is 7.56. The molecular weight excluding hydrogens is 368 g/mol. The van der Waals surface area contributed by atoms with E-state index in [4.69, 9.17) is 4.74 Å². The van der Waals surface area contributed by atoms with E-state index in [1.807, 2.05) is 38.1 Å². The number of ether oxygens (including phenoxy) is 1. The molecule has 2 aromatic rings. The van der Waals surface area contributed by atoms with Crippen molar-refractivity contribution < 1.29 is 22.7 Å². The van der Waals surface area contributed by atoms with Gasteiger partial charge in [0.05, 0.1) is 17.1 Å². The zero-order valence-corrected chi connectivity index (χ0v) is 16.1. The number of hydrogen-bond donors (Lipinski definition) is 1. The molecule has 1 aromatic heterocycles. The quantitative estimate of drug-likeness (QED) is 0.782. The maximum absolute atomic E-state index is 12.1. The Hall–Kier alpha value is -2.61. The lowest BCUT2D eigenvalue weighted by Crippen LogP contribution is -2.38. The fraction of sp³-hybridized carbons (Fsp3) is 0.368. The van der Waals surface area contributed by atoms with Gasteiger partial charge in [-0.25, -0.2) is 13.2 Å². The first-order valence-electron chi connectivity index (χ1n) is 8.67. The highest BCUT2D eigenvalue weighted by Gasteiger charge is 2.29. The van der Waals surface area contributed by atoms with Crippen molar-refractivity contribution >= 4 is 21.7 Å². The van der Waals surface area contributed by atoms with E-state index in [0.717, 1.165) is 17.1 Å². The molecule has 144 valence electrons. The fourth-order valence-electron chi connectivity index (χ4n) is 3.21. The average Bonchev–Trinajstić information content (AvgIpc) is 3.14. The zero-order valence-electron chi connectivity index (χ0n) is 15.3. The fourth-order valence-corrected chi connectivity index (χ4v) is 4.89. The third-order valence-electron chi connectivity index (χ3n) is 4.56. The van der Waals surface area contributed by atoms with Crippen LogP contribution in [0.1, 0.15) is 28.2 Å². The van der Waals surface area contributed by atoms with Gasteiger partial charge in [0.15, 0.2) is 16.4 Å². The van der Waals surface area contributed by atoms with Crippen LogP contribution in [0, 0.1) is 13.8 Å². The second-order valence-electron chi connectivity index (χ2n) is 6.74. The number of aromatic nitrogens is 1. The largest absolute Gasteiger partial charge is 0.452 e. The van der Waals surface area contributed by atoms with E-state index >= 15 is 0 Å². The molecule has 0 radical (unpaired) electrons. The van der Waals surface area contributed by atoms with Gasteiger partial charge in [0.2, 0.25) is 0 Å². The van der Waals surface area contributed by atoms with Crippen LogP contribution < -0.4 is 5.32 Å². The van der Waals surface area contributed by atoms with Crippen LogP contribution in [-0.4, -0.2) is 49.0 Å². The summed E-state index contributed by atoms with van der Waals surface area (Å²) in [6, 6.07) is 10.6. The predicted octanol–water partition coefficient (Wildman–Crippen LogP) is 1.55. The Balaban J connectivity index is 1.55. The van der Waals surface area contributed by atoms with Gasteiger partial charge in [-0.1, -0.05) is 0 Å². The molecule has 1 atom stereocenters. The summed E-state index contributed by atoms with van der Waals surface area (Å²) < 4.78 is 29.9. The van der Waals surface area contributed by atoms with Gasteiger partial charge in [-0.2, -0.15) is 0 Å². The molecule has 8 heteroatoms. The lowest BCUT2D eigenvalue weighted by atomic mass is 10.2. The number of nitrogens with zero attached hydrogens (tertiary/aromatic N) is 1. The topological polar surface area (TPSA) is 94.5 Å². The van der Waals surface area contributed by atoms with Crippen molar-refractivity contribution in [1.29, 1.82) is 0 Å². The Kier molecular flexibility index (Phi) is 5.36. The third-order valence-corrected chi connectivity index (χ3v) is 6.33. The molecule has 0 bridgehead atoms. The Morgan fingerprint density at radius 1 is 1.11 bits per heavy atom. The molecule has 1 amide bonds. The number of benzene rings is 1. The van der Waals surface area contributed by atoms with Gasteiger partial charge in [0.25, 0.3) is 5.91 Å². The maximum atomic E-state index is 12.1. The van der Waals surface area contributed by atoms with Crippen LogP contribution in [0.5, 0.6) is 0 Å². The smallest absolute Gasteiger partial charge is 0.338 e. The summed E-state index contributed by atoms with van der Waals surface area (Å²) in [5, 5.41) is 2.58. The minimum absolute atomic E-state index is 0.0631. The first-order chi connectivity index (χ1) is 12.7. The first-order valence-corrected chi connectivity index (χ1v) is 10.5. The van der Waals surface area contributed by atoms with Crippen molar-refractivity contribution in [1.82, 2.24) is 9.88 Å². The molecule has 0 aliphatic carbocycles. The van der Waals surface area contributed by atoms with Crippen molar-refractivity contribution in [3.8, 4) is 5.69 Å². The van der Waals surface area contributed by atoms with E-state index in [9.17, 15) is 18.0 Å². The van der Waals surface area contributed by atoms with Crippen molar-refractivity contribution in [2.45, 2.75) is 26.3 Å². The van der Waals surface area contributed by atoms with E-state index in [1.165, 1.54) is 0 Å². The molecule has 1 unspecified atom stereocenters. The molecule has 2 heterocycles. The van der Waals surface area contributed by atoms with E-state index in [2.05, 4.69) is 9.88 Å². The summed E-state index contributed by atoms with van der Waals surface area (Å²) in [5.41, 5.74) is 3.46. The average molecular weight is 390 g/mol. The number of hydrogen-bond acceptors (Lipinski definition) is 5. The number of carbonyl (C=O) groups excluding carboxylic acids is 2. The van der Waals surface area contributed by atoms with Crippen LogP contribution in [0.2, 0.25) is 0 Å². The maximum Gasteiger partial charge on any atom is 0.338 e. The molecular formula is C19H22N2O5S. The van der Waals surface area contributed by atoms with Gasteiger partial charge in [-0.15, -0.1) is 0 Å². The summed E-state index contributed by atoms with van der Waals surface area (Å²) in [4.78, 5) is 24.0. The Morgan fingerprint density at radius 2 is 1.74 bits per heavy atom. The number of aryl methyl sites for hydroxylation is 2. The molecule has 1 N–H and O–H groups in total. The second-order valence-corrected chi connectivity index (χ2v) is 8.97. The number of carbonyl (C=O) groups is 2. The molecule has 1 fully saturated rings. The first kappa shape index (κ1) is 19.2. The molecule has 27 heavy (non-hydrogen) atoms. The summed E-state index contributed by atoms with van der Waals surface area (Å²) >= 11 is 0. The molecule has 0 spiro atoms. The van der Waals surface area contributed by atoms with Gasteiger partial charge in [-0.05, 0) is 56.7 Å². The summed E-state index contributed by atoms with van der Waals surface area (Å²) in [6.45, 7) is 3.57. The highest BCUT2D eigenvalue weighted by Crippen LogP contribution is 2.17. The van der Waals surface area contributed by atoms with Crippen LogP contribution in [0.25, 0.3) is 5.69 Å². The Morgan fingerprint density at radius 3 is 2.30 bits per heavy atom. The Bertz CT molecular complexity index is 941. The molecule has 1 aromatic carbocycles. The van der Waals surface area contributed by atoms with E-state index < -0.39 is 34.4 Å². The van der Waals surface area contributed by atoms with Crippen LogP contribution in [0.15, 0.2) is 36.4 Å². The predicted molar refractivity (Wildman–Crippen MR) is 101 cm³/mol. The summed E-state index contributed by atoms with van der Waals surface area (Å²) in [6.07, 6.45) is 0.391. The Labute approximate surface area is 158 Å². The van der Waals surface area contributed by atoms with E-state index in [1.54, 1.807) is 12.1 Å². The number of sulfone groups is 1. The van der Waals surface area contributed by atoms with Gasteiger partial charge in [-0.3, -0.25) is 4.79 Å². The van der Waals surface area contributed by atoms with Crippen molar-refractivity contribution in [2.75, 3.05) is 18.1 Å². The van der Waals surface area contributed by atoms with Gasteiger partial charge < -0.3 is 14.6 Å². The third kappa shape index (κ3) is 4.57. The van der Waals surface area contributed by atoms with Crippen molar-refractivity contribution in [3.05, 3.63) is 53.3 Å². The van der Waals surface area contributed by atoms with Crippen LogP contribution in [0.3, 0.4) is 0 Å². The molecule has 0 saturated carbocycles. The standard InChI is InChI=1S/C19H22N2O5S/c1-13-3-4-14(2)21(13)17-7-5-15(6-8-17)19(23)26-11-18(22)20-16-9-10-27(24,25)12-16/h3-8,16H,9-12H2,1-2H3,(H,20,22). The van der Waals surface area contributed by atoms with Gasteiger partial charge in [0.1, 0.15) is 0 Å². The number of rotatable bonds is 5. The molecule has 7 nitrogen and oxygen atoms in total. The summed E-state index contributed by atoms with van der Waals surface area (Å²) in [5.74, 6) is -1.09. The van der Waals surface area contributed by atoms with Crippen molar-refractivity contribution in [3.63, 3.8) is 0 Å². The number of esters is 1. The minimum atomic E-state index is -3.07. The van der Waals surface area contributed by atoms with E-state index in [-0.39, 0.29) is 11.5 Å². The number of amides is 1. The highest BCUT2D eigenvalue weighted by atomic mass is 32.2. The molecule has 3 rings (SSSR count).